The third-order valence-electron chi connectivity index (χ3n) is 3.52. The minimum atomic E-state index is -0.233. The molecule has 3 aromatic rings. The Kier molecular flexibility index (Phi) is 5.27. The van der Waals surface area contributed by atoms with E-state index in [0.29, 0.717) is 16.6 Å². The Morgan fingerprint density at radius 1 is 1.20 bits per heavy atom. The number of phenols is 1. The van der Waals surface area contributed by atoms with Crippen molar-refractivity contribution in [2.45, 2.75) is 0 Å². The SMILES string of the molecule is COc1ccccc1/C(CO)=N/Nc1nc(-c2ccc(O)cc2)cs1. The highest BCUT2D eigenvalue weighted by molar-refractivity contribution is 7.14. The first kappa shape index (κ1) is 16.9. The second kappa shape index (κ2) is 7.78. The van der Waals surface area contributed by atoms with E-state index in [1.165, 1.54) is 11.3 Å². The lowest BCUT2D eigenvalue weighted by Gasteiger charge is -2.09. The molecule has 0 atom stereocenters. The lowest BCUT2D eigenvalue weighted by atomic mass is 10.1. The van der Waals surface area contributed by atoms with E-state index >= 15 is 0 Å². The van der Waals surface area contributed by atoms with E-state index in [1.54, 1.807) is 31.4 Å². The number of aliphatic hydroxyl groups excluding tert-OH is 1. The van der Waals surface area contributed by atoms with Crippen LogP contribution in [-0.4, -0.2) is 34.6 Å². The van der Waals surface area contributed by atoms with Crippen LogP contribution in [0.1, 0.15) is 5.56 Å². The number of rotatable bonds is 6. The topological polar surface area (TPSA) is 87.0 Å². The highest BCUT2D eigenvalue weighted by Gasteiger charge is 2.10. The van der Waals surface area contributed by atoms with Gasteiger partial charge in [0.05, 0.1) is 25.1 Å². The van der Waals surface area contributed by atoms with Crippen LogP contribution < -0.4 is 10.2 Å². The molecule has 7 heteroatoms. The number of benzene rings is 2. The normalized spacial score (nSPS) is 11.4. The molecule has 6 nitrogen and oxygen atoms in total. The number of methoxy groups -OCH3 is 1. The zero-order valence-electron chi connectivity index (χ0n) is 13.5. The fourth-order valence-corrected chi connectivity index (χ4v) is 2.93. The van der Waals surface area contributed by atoms with Gasteiger partial charge in [0.2, 0.25) is 5.13 Å². The Morgan fingerprint density at radius 3 is 2.68 bits per heavy atom. The van der Waals surface area contributed by atoms with Crippen molar-refractivity contribution in [3.8, 4) is 22.8 Å². The standard InChI is InChI=1S/C18H17N3O3S/c1-24-17-5-3-2-4-14(17)15(10-22)20-21-18-19-16(11-25-18)12-6-8-13(23)9-7-12/h2-9,11,22-23H,10H2,1H3,(H,19,21)/b20-15+. The lowest BCUT2D eigenvalue weighted by Crippen LogP contribution is -2.10. The van der Waals surface area contributed by atoms with Gasteiger partial charge in [-0.3, -0.25) is 5.43 Å². The highest BCUT2D eigenvalue weighted by atomic mass is 32.1. The average molecular weight is 355 g/mol. The van der Waals surface area contributed by atoms with Crippen molar-refractivity contribution in [3.63, 3.8) is 0 Å². The van der Waals surface area contributed by atoms with Crippen molar-refractivity contribution in [2.24, 2.45) is 5.10 Å². The number of hydrogen-bond donors (Lipinski definition) is 3. The van der Waals surface area contributed by atoms with Crippen LogP contribution in [0.5, 0.6) is 11.5 Å². The summed E-state index contributed by atoms with van der Waals surface area (Å²) in [7, 11) is 1.58. The Bertz CT molecular complexity index is 875. The summed E-state index contributed by atoms with van der Waals surface area (Å²) in [5, 5.41) is 25.7. The van der Waals surface area contributed by atoms with Crippen LogP contribution in [0.2, 0.25) is 0 Å². The number of aliphatic hydroxyl groups is 1. The Balaban J connectivity index is 1.80. The van der Waals surface area contributed by atoms with Gasteiger partial charge in [-0.15, -0.1) is 11.3 Å². The van der Waals surface area contributed by atoms with Crippen LogP contribution in [0.15, 0.2) is 59.0 Å². The molecule has 0 aliphatic carbocycles. The van der Waals surface area contributed by atoms with Gasteiger partial charge in [-0.1, -0.05) is 12.1 Å². The second-order valence-corrected chi connectivity index (χ2v) is 5.97. The van der Waals surface area contributed by atoms with Crippen LogP contribution >= 0.6 is 11.3 Å². The van der Waals surface area contributed by atoms with Gasteiger partial charge in [-0.25, -0.2) is 4.98 Å². The number of anilines is 1. The maximum absolute atomic E-state index is 9.62. The molecule has 0 amide bonds. The fourth-order valence-electron chi connectivity index (χ4n) is 2.27. The van der Waals surface area contributed by atoms with Gasteiger partial charge in [0, 0.05) is 16.5 Å². The van der Waals surface area contributed by atoms with Crippen molar-refractivity contribution >= 4 is 22.2 Å². The Labute approximate surface area is 149 Å². The van der Waals surface area contributed by atoms with Gasteiger partial charge >= 0.3 is 0 Å². The molecule has 128 valence electrons. The maximum Gasteiger partial charge on any atom is 0.203 e. The summed E-state index contributed by atoms with van der Waals surface area (Å²) in [5.74, 6) is 0.854. The molecule has 0 spiro atoms. The summed E-state index contributed by atoms with van der Waals surface area (Å²) in [6, 6.07) is 14.2. The zero-order chi connectivity index (χ0) is 17.6. The summed E-state index contributed by atoms with van der Waals surface area (Å²) >= 11 is 1.40. The predicted molar refractivity (Wildman–Crippen MR) is 99.5 cm³/mol. The van der Waals surface area contributed by atoms with Crippen LogP contribution in [0.4, 0.5) is 5.13 Å². The molecule has 1 heterocycles. The molecular weight excluding hydrogens is 338 g/mol. The third kappa shape index (κ3) is 3.96. The van der Waals surface area contributed by atoms with Crippen molar-refractivity contribution in [3.05, 3.63) is 59.5 Å². The van der Waals surface area contributed by atoms with Crippen LogP contribution in [0.25, 0.3) is 11.3 Å². The van der Waals surface area contributed by atoms with Gasteiger partial charge < -0.3 is 14.9 Å². The Hall–Kier alpha value is -2.90. The van der Waals surface area contributed by atoms with E-state index in [9.17, 15) is 10.2 Å². The molecule has 25 heavy (non-hydrogen) atoms. The number of aromatic nitrogens is 1. The van der Waals surface area contributed by atoms with Gasteiger partial charge in [0.25, 0.3) is 0 Å². The van der Waals surface area contributed by atoms with Crippen molar-refractivity contribution in [2.75, 3.05) is 19.1 Å². The van der Waals surface area contributed by atoms with Gasteiger partial charge in [-0.2, -0.15) is 5.10 Å². The van der Waals surface area contributed by atoms with E-state index in [2.05, 4.69) is 15.5 Å². The summed E-state index contributed by atoms with van der Waals surface area (Å²) in [5.41, 5.74) is 5.74. The van der Waals surface area contributed by atoms with Crippen LogP contribution in [0.3, 0.4) is 0 Å². The molecule has 0 aliphatic heterocycles. The Morgan fingerprint density at radius 2 is 1.96 bits per heavy atom. The van der Waals surface area contributed by atoms with Crippen molar-refractivity contribution in [1.82, 2.24) is 4.98 Å². The molecular formula is C18H17N3O3S. The van der Waals surface area contributed by atoms with E-state index in [1.807, 2.05) is 29.6 Å². The number of para-hydroxylation sites is 1. The summed E-state index contributed by atoms with van der Waals surface area (Å²) in [6.07, 6.45) is 0. The predicted octanol–water partition coefficient (Wildman–Crippen LogP) is 3.33. The second-order valence-electron chi connectivity index (χ2n) is 5.11. The van der Waals surface area contributed by atoms with Crippen molar-refractivity contribution in [1.29, 1.82) is 0 Å². The van der Waals surface area contributed by atoms with Crippen LogP contribution in [-0.2, 0) is 0 Å². The summed E-state index contributed by atoms with van der Waals surface area (Å²) in [4.78, 5) is 4.46. The number of thiazole rings is 1. The molecule has 3 rings (SSSR count). The number of ether oxygens (including phenoxy) is 1. The molecule has 1 aromatic heterocycles. The molecule has 0 saturated carbocycles. The summed E-state index contributed by atoms with van der Waals surface area (Å²) < 4.78 is 5.30. The quantitative estimate of drug-likeness (QED) is 0.466. The van der Waals surface area contributed by atoms with Gasteiger partial charge in [0.15, 0.2) is 0 Å². The molecule has 2 aromatic carbocycles. The maximum atomic E-state index is 9.62. The van der Waals surface area contributed by atoms with E-state index in [-0.39, 0.29) is 12.4 Å². The minimum absolute atomic E-state index is 0.214. The molecule has 0 fully saturated rings. The van der Waals surface area contributed by atoms with Crippen molar-refractivity contribution < 1.29 is 14.9 Å². The number of phenolic OH excluding ortho intramolecular Hbond substituents is 1. The summed E-state index contributed by atoms with van der Waals surface area (Å²) in [6.45, 7) is -0.233. The first-order valence-electron chi connectivity index (χ1n) is 7.53. The van der Waals surface area contributed by atoms with Gasteiger partial charge in [-0.05, 0) is 36.4 Å². The number of hydrazone groups is 1. The number of nitrogens with one attached hydrogen (secondary N) is 1. The zero-order valence-corrected chi connectivity index (χ0v) is 14.3. The minimum Gasteiger partial charge on any atom is -0.508 e. The first-order chi connectivity index (χ1) is 12.2. The van der Waals surface area contributed by atoms with Gasteiger partial charge in [0.1, 0.15) is 11.5 Å². The highest BCUT2D eigenvalue weighted by Crippen LogP contribution is 2.26. The molecule has 3 N–H and O–H groups in total. The molecule has 0 unspecified atom stereocenters. The van der Waals surface area contributed by atoms with Crippen LogP contribution in [0, 0.1) is 0 Å². The first-order valence-corrected chi connectivity index (χ1v) is 8.41. The number of aromatic hydroxyl groups is 1. The third-order valence-corrected chi connectivity index (χ3v) is 4.27. The van der Waals surface area contributed by atoms with E-state index < -0.39 is 0 Å². The molecule has 0 bridgehead atoms. The number of nitrogens with zero attached hydrogens (tertiary/aromatic N) is 2. The van der Waals surface area contributed by atoms with E-state index in [4.69, 9.17) is 4.74 Å². The molecule has 0 saturated heterocycles. The molecule has 0 radical (unpaired) electrons. The average Bonchev–Trinajstić information content (AvgIpc) is 3.12. The smallest absolute Gasteiger partial charge is 0.203 e. The monoisotopic (exact) mass is 355 g/mol. The number of hydrogen-bond acceptors (Lipinski definition) is 7. The largest absolute Gasteiger partial charge is 0.508 e. The molecule has 0 aliphatic rings. The van der Waals surface area contributed by atoms with E-state index in [0.717, 1.165) is 16.8 Å². The fraction of sp³-hybridized carbons (Fsp3) is 0.111. The lowest BCUT2D eigenvalue weighted by molar-refractivity contribution is 0.356.